The SMILES string of the molecule is O=C(Nc1ccccc1)C1CC2(CCC2)C1. The smallest absolute Gasteiger partial charge is 0.227 e. The number of para-hydroxylation sites is 1. The third-order valence-electron chi connectivity index (χ3n) is 4.19. The number of carbonyl (C=O) groups is 1. The highest BCUT2D eigenvalue weighted by Crippen LogP contribution is 2.58. The molecule has 2 aliphatic carbocycles. The summed E-state index contributed by atoms with van der Waals surface area (Å²) in [6.45, 7) is 0. The second kappa shape index (κ2) is 3.62. The lowest BCUT2D eigenvalue weighted by Gasteiger charge is -2.53. The first-order valence-electron chi connectivity index (χ1n) is 6.13. The van der Waals surface area contributed by atoms with Crippen molar-refractivity contribution in [1.29, 1.82) is 0 Å². The fourth-order valence-electron chi connectivity index (χ4n) is 3.02. The Kier molecular flexibility index (Phi) is 2.23. The van der Waals surface area contributed by atoms with Crippen LogP contribution in [0.4, 0.5) is 5.69 Å². The van der Waals surface area contributed by atoms with Crippen LogP contribution in [-0.4, -0.2) is 5.91 Å². The molecule has 1 aromatic rings. The van der Waals surface area contributed by atoms with Crippen LogP contribution in [0.3, 0.4) is 0 Å². The molecule has 1 amide bonds. The molecule has 0 radical (unpaired) electrons. The molecule has 0 bridgehead atoms. The van der Waals surface area contributed by atoms with Crippen molar-refractivity contribution in [3.05, 3.63) is 30.3 Å². The van der Waals surface area contributed by atoms with Crippen molar-refractivity contribution < 1.29 is 4.79 Å². The average Bonchev–Trinajstić information content (AvgIpc) is 2.14. The lowest BCUT2D eigenvalue weighted by Crippen LogP contribution is -2.47. The molecule has 2 aliphatic rings. The van der Waals surface area contributed by atoms with E-state index in [1.807, 2.05) is 30.3 Å². The zero-order valence-corrected chi connectivity index (χ0v) is 9.41. The predicted octanol–water partition coefficient (Wildman–Crippen LogP) is 3.21. The molecule has 0 saturated heterocycles. The monoisotopic (exact) mass is 215 g/mol. The van der Waals surface area contributed by atoms with Crippen molar-refractivity contribution in [2.45, 2.75) is 32.1 Å². The summed E-state index contributed by atoms with van der Waals surface area (Å²) in [5, 5.41) is 2.99. The summed E-state index contributed by atoms with van der Waals surface area (Å²) >= 11 is 0. The Labute approximate surface area is 96.1 Å². The molecule has 1 N–H and O–H groups in total. The van der Waals surface area contributed by atoms with E-state index >= 15 is 0 Å². The summed E-state index contributed by atoms with van der Waals surface area (Å²) in [4.78, 5) is 11.9. The van der Waals surface area contributed by atoms with Crippen molar-refractivity contribution in [2.75, 3.05) is 5.32 Å². The first-order valence-corrected chi connectivity index (χ1v) is 6.13. The Morgan fingerprint density at radius 1 is 1.19 bits per heavy atom. The van der Waals surface area contributed by atoms with Crippen molar-refractivity contribution in [3.8, 4) is 0 Å². The van der Waals surface area contributed by atoms with Crippen LogP contribution in [0.15, 0.2) is 30.3 Å². The van der Waals surface area contributed by atoms with E-state index in [4.69, 9.17) is 0 Å². The lowest BCUT2D eigenvalue weighted by atomic mass is 9.51. The van der Waals surface area contributed by atoms with Gasteiger partial charge >= 0.3 is 0 Å². The zero-order valence-electron chi connectivity index (χ0n) is 9.41. The maximum atomic E-state index is 11.9. The van der Waals surface area contributed by atoms with Gasteiger partial charge in [0.05, 0.1) is 0 Å². The van der Waals surface area contributed by atoms with E-state index in [0.29, 0.717) is 5.41 Å². The molecule has 84 valence electrons. The second-order valence-electron chi connectivity index (χ2n) is 5.31. The van der Waals surface area contributed by atoms with Gasteiger partial charge < -0.3 is 5.32 Å². The molecule has 2 fully saturated rings. The van der Waals surface area contributed by atoms with Crippen LogP contribution in [-0.2, 0) is 4.79 Å². The molecule has 0 unspecified atom stereocenters. The minimum atomic E-state index is 0.212. The highest BCUT2D eigenvalue weighted by molar-refractivity contribution is 5.93. The Morgan fingerprint density at radius 3 is 2.44 bits per heavy atom. The van der Waals surface area contributed by atoms with E-state index in [9.17, 15) is 4.79 Å². The van der Waals surface area contributed by atoms with Crippen LogP contribution in [0.25, 0.3) is 0 Å². The van der Waals surface area contributed by atoms with Gasteiger partial charge in [-0.05, 0) is 43.2 Å². The summed E-state index contributed by atoms with van der Waals surface area (Å²) in [5.41, 5.74) is 1.50. The van der Waals surface area contributed by atoms with Gasteiger partial charge in [0.2, 0.25) is 5.91 Å². The highest BCUT2D eigenvalue weighted by atomic mass is 16.1. The fourth-order valence-corrected chi connectivity index (χ4v) is 3.02. The number of hydrogen-bond acceptors (Lipinski definition) is 1. The van der Waals surface area contributed by atoms with E-state index in [0.717, 1.165) is 18.5 Å². The first-order chi connectivity index (χ1) is 7.77. The molecule has 2 nitrogen and oxygen atoms in total. The maximum absolute atomic E-state index is 11.9. The van der Waals surface area contributed by atoms with Crippen LogP contribution in [0, 0.1) is 11.3 Å². The van der Waals surface area contributed by atoms with Crippen LogP contribution in [0.1, 0.15) is 32.1 Å². The van der Waals surface area contributed by atoms with Crippen molar-refractivity contribution in [1.82, 2.24) is 0 Å². The number of rotatable bonds is 2. The van der Waals surface area contributed by atoms with Crippen molar-refractivity contribution in [2.24, 2.45) is 11.3 Å². The van der Waals surface area contributed by atoms with Gasteiger partial charge in [-0.3, -0.25) is 4.79 Å². The third-order valence-corrected chi connectivity index (χ3v) is 4.19. The van der Waals surface area contributed by atoms with Crippen LogP contribution < -0.4 is 5.32 Å². The molecule has 1 aromatic carbocycles. The van der Waals surface area contributed by atoms with E-state index in [1.54, 1.807) is 0 Å². The van der Waals surface area contributed by atoms with Crippen molar-refractivity contribution in [3.63, 3.8) is 0 Å². The largest absolute Gasteiger partial charge is 0.326 e. The van der Waals surface area contributed by atoms with E-state index < -0.39 is 0 Å². The maximum Gasteiger partial charge on any atom is 0.227 e. The summed E-state index contributed by atoms with van der Waals surface area (Å²) in [5.74, 6) is 0.476. The minimum absolute atomic E-state index is 0.212. The Balaban J connectivity index is 1.55. The summed E-state index contributed by atoms with van der Waals surface area (Å²) in [6.07, 6.45) is 6.30. The number of nitrogens with one attached hydrogen (secondary N) is 1. The molecule has 0 atom stereocenters. The molecular weight excluding hydrogens is 198 g/mol. The molecule has 1 spiro atoms. The highest BCUT2D eigenvalue weighted by Gasteiger charge is 2.50. The fraction of sp³-hybridized carbons (Fsp3) is 0.500. The van der Waals surface area contributed by atoms with E-state index in [2.05, 4.69) is 5.32 Å². The van der Waals surface area contributed by atoms with Crippen LogP contribution in [0.5, 0.6) is 0 Å². The number of carbonyl (C=O) groups excluding carboxylic acids is 1. The van der Waals surface area contributed by atoms with Gasteiger partial charge in [-0.2, -0.15) is 0 Å². The number of anilines is 1. The van der Waals surface area contributed by atoms with Gasteiger partial charge in [-0.1, -0.05) is 24.6 Å². The lowest BCUT2D eigenvalue weighted by molar-refractivity contribution is -0.131. The molecular formula is C14H17NO. The second-order valence-corrected chi connectivity index (χ2v) is 5.31. The molecule has 2 saturated carbocycles. The van der Waals surface area contributed by atoms with E-state index in [-0.39, 0.29) is 11.8 Å². The van der Waals surface area contributed by atoms with Gasteiger partial charge in [-0.15, -0.1) is 0 Å². The minimum Gasteiger partial charge on any atom is -0.326 e. The van der Waals surface area contributed by atoms with E-state index in [1.165, 1.54) is 19.3 Å². The number of amides is 1. The molecule has 16 heavy (non-hydrogen) atoms. The quantitative estimate of drug-likeness (QED) is 0.806. The average molecular weight is 215 g/mol. The topological polar surface area (TPSA) is 29.1 Å². The normalized spacial score (nSPS) is 22.2. The summed E-state index contributed by atoms with van der Waals surface area (Å²) in [6, 6.07) is 9.74. The Morgan fingerprint density at radius 2 is 1.88 bits per heavy atom. The number of benzene rings is 1. The first kappa shape index (κ1) is 9.88. The van der Waals surface area contributed by atoms with Gasteiger partial charge in [0.25, 0.3) is 0 Å². The molecule has 0 heterocycles. The standard InChI is InChI=1S/C14H17NO/c16-13(15-12-5-2-1-3-6-12)11-9-14(10-11)7-4-8-14/h1-3,5-6,11H,4,7-10H2,(H,15,16). The Hall–Kier alpha value is -1.31. The molecule has 3 rings (SSSR count). The summed E-state index contributed by atoms with van der Waals surface area (Å²) in [7, 11) is 0. The predicted molar refractivity (Wildman–Crippen MR) is 64.1 cm³/mol. The Bertz CT molecular complexity index is 386. The van der Waals surface area contributed by atoms with Gasteiger partial charge in [0, 0.05) is 11.6 Å². The van der Waals surface area contributed by atoms with Crippen molar-refractivity contribution >= 4 is 11.6 Å². The number of hydrogen-bond donors (Lipinski definition) is 1. The molecule has 0 aliphatic heterocycles. The van der Waals surface area contributed by atoms with Crippen LogP contribution in [0.2, 0.25) is 0 Å². The van der Waals surface area contributed by atoms with Gasteiger partial charge in [-0.25, -0.2) is 0 Å². The molecule has 0 aromatic heterocycles. The summed E-state index contributed by atoms with van der Waals surface area (Å²) < 4.78 is 0. The van der Waals surface area contributed by atoms with Gasteiger partial charge in [0.1, 0.15) is 0 Å². The van der Waals surface area contributed by atoms with Gasteiger partial charge in [0.15, 0.2) is 0 Å². The zero-order chi connectivity index (χ0) is 11.0. The third kappa shape index (κ3) is 1.62. The molecule has 2 heteroatoms. The van der Waals surface area contributed by atoms with Crippen LogP contribution >= 0.6 is 0 Å².